The Bertz CT molecular complexity index is 360. The van der Waals surface area contributed by atoms with E-state index in [2.05, 4.69) is 24.4 Å². The van der Waals surface area contributed by atoms with E-state index in [1.165, 1.54) is 24.8 Å². The zero-order chi connectivity index (χ0) is 13.5. The van der Waals surface area contributed by atoms with E-state index in [0.29, 0.717) is 0 Å². The number of hydrogen-bond acceptors (Lipinski definition) is 3. The molecule has 1 atom stereocenters. The topological polar surface area (TPSA) is 30.5 Å². The van der Waals surface area contributed by atoms with Crippen LogP contribution in [0.4, 0.5) is 0 Å². The van der Waals surface area contributed by atoms with Gasteiger partial charge >= 0.3 is 0 Å². The van der Waals surface area contributed by atoms with Crippen LogP contribution in [0, 0.1) is 5.92 Å². The molecule has 1 aromatic carbocycles. The van der Waals surface area contributed by atoms with Gasteiger partial charge < -0.3 is 14.8 Å². The third kappa shape index (κ3) is 4.84. The summed E-state index contributed by atoms with van der Waals surface area (Å²) in [5.41, 5.74) is 1.22. The maximum Gasteiger partial charge on any atom is 0.118 e. The number of methoxy groups -OCH3 is 1. The first-order valence-electron chi connectivity index (χ1n) is 7.29. The predicted molar refractivity (Wildman–Crippen MR) is 77.6 cm³/mol. The zero-order valence-electron chi connectivity index (χ0n) is 12.0. The fraction of sp³-hybridized carbons (Fsp3) is 0.625. The Morgan fingerprint density at radius 1 is 1.26 bits per heavy atom. The summed E-state index contributed by atoms with van der Waals surface area (Å²) in [6, 6.07) is 8.19. The molecule has 0 heterocycles. The molecule has 0 spiro atoms. The van der Waals surface area contributed by atoms with Crippen LogP contribution in [0.25, 0.3) is 0 Å². The van der Waals surface area contributed by atoms with Crippen LogP contribution in [0.1, 0.15) is 37.9 Å². The lowest BCUT2D eigenvalue weighted by Crippen LogP contribution is -2.23. The molecule has 0 radical (unpaired) electrons. The van der Waals surface area contributed by atoms with Crippen LogP contribution in [-0.4, -0.2) is 26.8 Å². The van der Waals surface area contributed by atoms with Crippen molar-refractivity contribution in [3.63, 3.8) is 0 Å². The van der Waals surface area contributed by atoms with E-state index in [0.717, 1.165) is 31.4 Å². The first-order valence-corrected chi connectivity index (χ1v) is 7.29. The average molecular weight is 263 g/mol. The summed E-state index contributed by atoms with van der Waals surface area (Å²) in [6.07, 6.45) is 4.14. The second kappa shape index (κ2) is 7.51. The second-order valence-electron chi connectivity index (χ2n) is 5.17. The Hall–Kier alpha value is -1.06. The minimum Gasteiger partial charge on any atom is -0.497 e. The third-order valence-electron chi connectivity index (χ3n) is 3.61. The van der Waals surface area contributed by atoms with Gasteiger partial charge in [0.25, 0.3) is 0 Å². The van der Waals surface area contributed by atoms with Crippen molar-refractivity contribution in [2.75, 3.05) is 26.8 Å². The van der Waals surface area contributed by atoms with Gasteiger partial charge in [0.05, 0.1) is 13.2 Å². The quantitative estimate of drug-likeness (QED) is 0.742. The summed E-state index contributed by atoms with van der Waals surface area (Å²) in [5.74, 6) is 1.82. The number of nitrogens with one attached hydrogen (secondary N) is 1. The molecule has 3 heteroatoms. The largest absolute Gasteiger partial charge is 0.497 e. The van der Waals surface area contributed by atoms with E-state index in [1.54, 1.807) is 7.11 Å². The van der Waals surface area contributed by atoms with Gasteiger partial charge in [-0.1, -0.05) is 31.9 Å². The highest BCUT2D eigenvalue weighted by Gasteiger charge is 2.21. The number of hydrogen-bond donors (Lipinski definition) is 1. The van der Waals surface area contributed by atoms with Crippen LogP contribution in [-0.2, 0) is 4.74 Å². The molecule has 3 nitrogen and oxygen atoms in total. The SMILES string of the molecule is CCNCC(OCCC1CC1)c1ccc(OC)cc1. The van der Waals surface area contributed by atoms with Crippen molar-refractivity contribution in [1.82, 2.24) is 5.32 Å². The van der Waals surface area contributed by atoms with Crippen molar-refractivity contribution in [3.05, 3.63) is 29.8 Å². The smallest absolute Gasteiger partial charge is 0.118 e. The molecule has 0 saturated heterocycles. The Balaban J connectivity index is 1.88. The zero-order valence-corrected chi connectivity index (χ0v) is 12.0. The lowest BCUT2D eigenvalue weighted by Gasteiger charge is -2.19. The van der Waals surface area contributed by atoms with Crippen LogP contribution in [0.2, 0.25) is 0 Å². The molecule has 1 aromatic rings. The standard InChI is InChI=1S/C16H25NO2/c1-3-17-12-16(19-11-10-13-4-5-13)14-6-8-15(18-2)9-7-14/h6-9,13,16-17H,3-5,10-12H2,1-2H3. The van der Waals surface area contributed by atoms with Gasteiger partial charge in [0, 0.05) is 13.2 Å². The lowest BCUT2D eigenvalue weighted by molar-refractivity contribution is 0.0489. The lowest BCUT2D eigenvalue weighted by atomic mass is 10.1. The Labute approximate surface area is 116 Å². The van der Waals surface area contributed by atoms with Crippen molar-refractivity contribution < 1.29 is 9.47 Å². The summed E-state index contributed by atoms with van der Waals surface area (Å²) in [4.78, 5) is 0. The minimum atomic E-state index is 0.143. The summed E-state index contributed by atoms with van der Waals surface area (Å²) in [5, 5.41) is 3.37. The van der Waals surface area contributed by atoms with Crippen molar-refractivity contribution in [2.24, 2.45) is 5.92 Å². The highest BCUT2D eigenvalue weighted by Crippen LogP contribution is 2.32. The molecular formula is C16H25NO2. The molecule has 2 rings (SSSR count). The highest BCUT2D eigenvalue weighted by atomic mass is 16.5. The van der Waals surface area contributed by atoms with Crippen molar-refractivity contribution in [2.45, 2.75) is 32.3 Å². The molecule has 0 bridgehead atoms. The van der Waals surface area contributed by atoms with Crippen LogP contribution in [0.3, 0.4) is 0 Å². The fourth-order valence-corrected chi connectivity index (χ4v) is 2.15. The van der Waals surface area contributed by atoms with Crippen LogP contribution in [0.15, 0.2) is 24.3 Å². The van der Waals surface area contributed by atoms with E-state index in [-0.39, 0.29) is 6.10 Å². The first-order chi connectivity index (χ1) is 9.33. The van der Waals surface area contributed by atoms with Crippen molar-refractivity contribution >= 4 is 0 Å². The fourth-order valence-electron chi connectivity index (χ4n) is 2.15. The predicted octanol–water partition coefficient (Wildman–Crippen LogP) is 3.16. The monoisotopic (exact) mass is 263 g/mol. The molecule has 1 aliphatic rings. The van der Waals surface area contributed by atoms with Crippen LogP contribution < -0.4 is 10.1 Å². The highest BCUT2D eigenvalue weighted by molar-refractivity contribution is 5.28. The molecule has 106 valence electrons. The maximum atomic E-state index is 6.05. The Morgan fingerprint density at radius 3 is 2.58 bits per heavy atom. The summed E-state index contributed by atoms with van der Waals surface area (Å²) >= 11 is 0. The van der Waals surface area contributed by atoms with Gasteiger partial charge in [-0.05, 0) is 36.6 Å². The Morgan fingerprint density at radius 2 is 2.00 bits per heavy atom. The second-order valence-corrected chi connectivity index (χ2v) is 5.17. The van der Waals surface area contributed by atoms with Gasteiger partial charge in [-0.15, -0.1) is 0 Å². The van der Waals surface area contributed by atoms with E-state index >= 15 is 0 Å². The molecule has 1 aliphatic carbocycles. The molecule has 0 amide bonds. The minimum absolute atomic E-state index is 0.143. The third-order valence-corrected chi connectivity index (χ3v) is 3.61. The molecule has 0 aliphatic heterocycles. The van der Waals surface area contributed by atoms with Gasteiger partial charge in [0.2, 0.25) is 0 Å². The van der Waals surface area contributed by atoms with E-state index < -0.39 is 0 Å². The molecule has 1 saturated carbocycles. The normalized spacial score (nSPS) is 16.3. The maximum absolute atomic E-state index is 6.05. The van der Waals surface area contributed by atoms with E-state index in [1.807, 2.05) is 12.1 Å². The van der Waals surface area contributed by atoms with Gasteiger partial charge in [0.15, 0.2) is 0 Å². The molecule has 19 heavy (non-hydrogen) atoms. The number of benzene rings is 1. The van der Waals surface area contributed by atoms with Gasteiger partial charge in [-0.3, -0.25) is 0 Å². The van der Waals surface area contributed by atoms with Crippen molar-refractivity contribution in [1.29, 1.82) is 0 Å². The van der Waals surface area contributed by atoms with E-state index in [9.17, 15) is 0 Å². The number of ether oxygens (including phenoxy) is 2. The molecule has 0 aromatic heterocycles. The summed E-state index contributed by atoms with van der Waals surface area (Å²) in [6.45, 7) is 4.83. The average Bonchev–Trinajstić information content (AvgIpc) is 3.27. The van der Waals surface area contributed by atoms with Gasteiger partial charge in [-0.25, -0.2) is 0 Å². The Kier molecular flexibility index (Phi) is 5.67. The molecule has 1 unspecified atom stereocenters. The summed E-state index contributed by atoms with van der Waals surface area (Å²) < 4.78 is 11.2. The molecular weight excluding hydrogens is 238 g/mol. The van der Waals surface area contributed by atoms with Gasteiger partial charge in [0.1, 0.15) is 5.75 Å². The first kappa shape index (κ1) is 14.4. The van der Waals surface area contributed by atoms with Crippen molar-refractivity contribution in [3.8, 4) is 5.75 Å². The summed E-state index contributed by atoms with van der Waals surface area (Å²) in [7, 11) is 1.69. The van der Waals surface area contributed by atoms with Crippen LogP contribution >= 0.6 is 0 Å². The number of rotatable bonds is 9. The van der Waals surface area contributed by atoms with Gasteiger partial charge in [-0.2, -0.15) is 0 Å². The number of likely N-dealkylation sites (N-methyl/N-ethyl adjacent to an activating group) is 1. The van der Waals surface area contributed by atoms with Crippen LogP contribution in [0.5, 0.6) is 5.75 Å². The van der Waals surface area contributed by atoms with E-state index in [4.69, 9.17) is 9.47 Å². The molecule has 1 N–H and O–H groups in total. The molecule has 1 fully saturated rings.